The first-order chi connectivity index (χ1) is 14.0. The second-order valence-corrected chi connectivity index (χ2v) is 8.99. The molecule has 2 fully saturated rings. The topological polar surface area (TPSA) is 74.6 Å². The summed E-state index contributed by atoms with van der Waals surface area (Å²) in [6, 6.07) is 3.94. The van der Waals surface area contributed by atoms with Crippen molar-refractivity contribution in [1.82, 2.24) is 24.6 Å². The highest BCUT2D eigenvalue weighted by molar-refractivity contribution is 7.17. The van der Waals surface area contributed by atoms with Gasteiger partial charge in [0.05, 0.1) is 0 Å². The van der Waals surface area contributed by atoms with Crippen LogP contribution in [-0.4, -0.2) is 76.7 Å². The molecular formula is C20H28N6O2S. The Hall–Kier alpha value is -2.42. The zero-order valence-corrected chi connectivity index (χ0v) is 17.8. The van der Waals surface area contributed by atoms with Gasteiger partial charge in [0.15, 0.2) is 0 Å². The van der Waals surface area contributed by atoms with Gasteiger partial charge in [-0.05, 0) is 37.8 Å². The van der Waals surface area contributed by atoms with E-state index in [0.717, 1.165) is 49.0 Å². The maximum atomic E-state index is 12.9. The Bertz CT molecular complexity index is 833. The summed E-state index contributed by atoms with van der Waals surface area (Å²) in [7, 11) is 3.60. The molecule has 0 atom stereocenters. The van der Waals surface area contributed by atoms with Gasteiger partial charge in [0.25, 0.3) is 0 Å². The van der Waals surface area contributed by atoms with Gasteiger partial charge < -0.3 is 14.7 Å². The lowest BCUT2D eigenvalue weighted by atomic mass is 9.91. The monoisotopic (exact) mass is 416 g/mol. The van der Waals surface area contributed by atoms with Crippen molar-refractivity contribution in [3.8, 4) is 5.13 Å². The molecule has 9 heteroatoms. The predicted molar refractivity (Wildman–Crippen MR) is 112 cm³/mol. The lowest BCUT2D eigenvalue weighted by Gasteiger charge is -2.37. The first kappa shape index (κ1) is 19.9. The van der Waals surface area contributed by atoms with E-state index in [9.17, 15) is 9.59 Å². The number of rotatable bonds is 4. The van der Waals surface area contributed by atoms with E-state index in [2.05, 4.69) is 15.1 Å². The molecule has 29 heavy (non-hydrogen) atoms. The lowest BCUT2D eigenvalue weighted by Crippen LogP contribution is -2.47. The molecule has 2 aliphatic heterocycles. The van der Waals surface area contributed by atoms with Crippen LogP contribution in [0.5, 0.6) is 0 Å². The Balaban J connectivity index is 1.28. The Morgan fingerprint density at radius 2 is 1.52 bits per heavy atom. The van der Waals surface area contributed by atoms with E-state index in [4.69, 9.17) is 0 Å². The molecule has 0 unspecified atom stereocenters. The number of likely N-dealkylation sites (tertiary alicyclic amines) is 1. The summed E-state index contributed by atoms with van der Waals surface area (Å²) in [6.45, 7) is 3.04. The molecule has 8 nitrogen and oxygen atoms in total. The lowest BCUT2D eigenvalue weighted by molar-refractivity contribution is -0.141. The van der Waals surface area contributed by atoms with Crippen LogP contribution in [0.25, 0.3) is 5.13 Å². The van der Waals surface area contributed by atoms with Crippen molar-refractivity contribution in [3.63, 3.8) is 0 Å². The van der Waals surface area contributed by atoms with Gasteiger partial charge >= 0.3 is 0 Å². The fraction of sp³-hybridized carbons (Fsp3) is 0.600. The highest BCUT2D eigenvalue weighted by Gasteiger charge is 2.33. The third-order valence-electron chi connectivity index (χ3n) is 5.94. The van der Waals surface area contributed by atoms with Gasteiger partial charge in [-0.25, -0.2) is 0 Å². The van der Waals surface area contributed by atoms with Crippen LogP contribution in [0.4, 0.5) is 5.13 Å². The normalized spacial score (nSPS) is 18.8. The molecule has 0 bridgehead atoms. The smallest absolute Gasteiger partial charge is 0.225 e. The van der Waals surface area contributed by atoms with Gasteiger partial charge in [-0.15, -0.1) is 10.2 Å². The first-order valence-electron chi connectivity index (χ1n) is 10.2. The van der Waals surface area contributed by atoms with Crippen LogP contribution in [0, 0.1) is 11.8 Å². The molecule has 156 valence electrons. The number of anilines is 1. The van der Waals surface area contributed by atoms with Crippen LogP contribution in [0.3, 0.4) is 0 Å². The molecule has 2 amide bonds. The number of hydrogen-bond donors (Lipinski definition) is 0. The summed E-state index contributed by atoms with van der Waals surface area (Å²) in [6.07, 6.45) is 7.15. The number of amides is 2. The summed E-state index contributed by atoms with van der Waals surface area (Å²) in [5.74, 6) is 0.569. The van der Waals surface area contributed by atoms with Crippen molar-refractivity contribution in [2.75, 3.05) is 45.2 Å². The first-order valence-corrected chi connectivity index (χ1v) is 11.1. The quantitative estimate of drug-likeness (QED) is 0.761. The third kappa shape index (κ3) is 4.29. The minimum Gasteiger partial charge on any atom is -0.349 e. The van der Waals surface area contributed by atoms with E-state index in [1.165, 1.54) is 0 Å². The standard InChI is InChI=1S/C20H28N6O2S/c1-23(2)17(27)15-5-11-24(12-6-15)18(28)16-7-13-26(14-8-16)20-22-21-19(29-20)25-9-3-4-10-25/h3-4,9-10,15-16H,5-8,11-14H2,1-2H3. The third-order valence-corrected chi connectivity index (χ3v) is 6.94. The van der Waals surface area contributed by atoms with Crippen molar-refractivity contribution >= 4 is 28.3 Å². The summed E-state index contributed by atoms with van der Waals surface area (Å²) < 4.78 is 1.96. The molecule has 2 aromatic heterocycles. The number of carbonyl (C=O) groups is 2. The van der Waals surface area contributed by atoms with Gasteiger partial charge in [-0.3, -0.25) is 14.2 Å². The van der Waals surface area contributed by atoms with Crippen molar-refractivity contribution in [2.24, 2.45) is 11.8 Å². The molecule has 0 radical (unpaired) electrons. The van der Waals surface area contributed by atoms with Gasteiger partial charge in [0.1, 0.15) is 0 Å². The summed E-state index contributed by atoms with van der Waals surface area (Å²) in [5.41, 5.74) is 0. The second-order valence-electron chi connectivity index (χ2n) is 8.05. The van der Waals surface area contributed by atoms with Crippen molar-refractivity contribution in [3.05, 3.63) is 24.5 Å². The summed E-state index contributed by atoms with van der Waals surface area (Å²) >= 11 is 1.58. The molecule has 4 heterocycles. The Morgan fingerprint density at radius 1 is 0.931 bits per heavy atom. The zero-order valence-electron chi connectivity index (χ0n) is 17.0. The van der Waals surface area contributed by atoms with E-state index in [0.29, 0.717) is 13.1 Å². The molecule has 2 aromatic rings. The number of carbonyl (C=O) groups excluding carboxylic acids is 2. The maximum Gasteiger partial charge on any atom is 0.225 e. The van der Waals surface area contributed by atoms with Crippen LogP contribution in [-0.2, 0) is 9.59 Å². The largest absolute Gasteiger partial charge is 0.349 e. The van der Waals surface area contributed by atoms with Gasteiger partial charge in [-0.1, -0.05) is 11.3 Å². The average Bonchev–Trinajstić information content (AvgIpc) is 3.45. The minimum absolute atomic E-state index is 0.0581. The molecular weight excluding hydrogens is 388 g/mol. The van der Waals surface area contributed by atoms with Crippen LogP contribution >= 0.6 is 11.3 Å². The van der Waals surface area contributed by atoms with E-state index in [1.807, 2.05) is 34.0 Å². The second kappa shape index (κ2) is 8.52. The van der Waals surface area contributed by atoms with Gasteiger partial charge in [-0.2, -0.15) is 0 Å². The van der Waals surface area contributed by atoms with Crippen LogP contribution in [0.2, 0.25) is 0 Å². The van der Waals surface area contributed by atoms with E-state index < -0.39 is 0 Å². The Labute approximate surface area is 175 Å². The van der Waals surface area contributed by atoms with E-state index in [1.54, 1.807) is 30.3 Å². The number of nitrogens with zero attached hydrogens (tertiary/aromatic N) is 6. The molecule has 0 aromatic carbocycles. The number of aromatic nitrogens is 3. The highest BCUT2D eigenvalue weighted by atomic mass is 32.1. The molecule has 0 aliphatic carbocycles. The van der Waals surface area contributed by atoms with Crippen LogP contribution < -0.4 is 4.90 Å². The summed E-state index contributed by atoms with van der Waals surface area (Å²) in [4.78, 5) is 30.9. The molecule has 0 spiro atoms. The molecule has 0 N–H and O–H groups in total. The van der Waals surface area contributed by atoms with Crippen LogP contribution in [0.1, 0.15) is 25.7 Å². The van der Waals surface area contributed by atoms with E-state index >= 15 is 0 Å². The van der Waals surface area contributed by atoms with E-state index in [-0.39, 0.29) is 23.7 Å². The summed E-state index contributed by atoms with van der Waals surface area (Å²) in [5, 5.41) is 10.4. The Kier molecular flexibility index (Phi) is 5.84. The molecule has 2 aliphatic rings. The Morgan fingerprint density at radius 3 is 2.14 bits per heavy atom. The van der Waals surface area contributed by atoms with Crippen molar-refractivity contribution in [1.29, 1.82) is 0 Å². The fourth-order valence-electron chi connectivity index (χ4n) is 4.19. The molecule has 4 rings (SSSR count). The number of hydrogen-bond acceptors (Lipinski definition) is 6. The number of piperidine rings is 2. The predicted octanol–water partition coefficient (Wildman–Crippen LogP) is 1.87. The maximum absolute atomic E-state index is 12.9. The van der Waals surface area contributed by atoms with Crippen molar-refractivity contribution in [2.45, 2.75) is 25.7 Å². The molecule has 0 saturated carbocycles. The van der Waals surface area contributed by atoms with Gasteiger partial charge in [0.2, 0.25) is 22.1 Å². The SMILES string of the molecule is CN(C)C(=O)C1CCN(C(=O)C2CCN(c3nnc(-n4cccc4)s3)CC2)CC1. The minimum atomic E-state index is 0.0581. The average molecular weight is 417 g/mol. The fourth-order valence-corrected chi connectivity index (χ4v) is 5.06. The zero-order chi connectivity index (χ0) is 20.4. The molecule has 2 saturated heterocycles. The van der Waals surface area contributed by atoms with Gasteiger partial charge in [0, 0.05) is 64.5 Å². The van der Waals surface area contributed by atoms with Crippen molar-refractivity contribution < 1.29 is 9.59 Å². The highest BCUT2D eigenvalue weighted by Crippen LogP contribution is 2.29. The van der Waals surface area contributed by atoms with Crippen LogP contribution in [0.15, 0.2) is 24.5 Å².